The molecule has 0 aliphatic heterocycles. The zero-order valence-electron chi connectivity index (χ0n) is 4.80. The summed E-state index contributed by atoms with van der Waals surface area (Å²) in [5.41, 5.74) is -0.884. The minimum atomic E-state index is -4.37. The first-order chi connectivity index (χ1) is 3.98. The lowest BCUT2D eigenvalue weighted by Gasteiger charge is -2.03. The average Bonchev–Trinajstić information content (AvgIpc) is 1.64. The Balaban J connectivity index is 4.03. The summed E-state index contributed by atoms with van der Waals surface area (Å²) in [6.07, 6.45) is -3.87. The second-order valence-electron chi connectivity index (χ2n) is 1.54. The molecule has 0 heterocycles. The SMILES string of the molecule is C/C(=C/CF)C(F)(F)F. The topological polar surface area (TPSA) is 0 Å². The second-order valence-corrected chi connectivity index (χ2v) is 1.54. The molecule has 0 aliphatic rings. The van der Waals surface area contributed by atoms with Gasteiger partial charge < -0.3 is 0 Å². The standard InChI is InChI=1S/C5H6F4/c1-4(2-3-6)5(7,8)9/h2H,3H2,1H3/b4-2-. The summed E-state index contributed by atoms with van der Waals surface area (Å²) in [7, 11) is 0. The molecule has 0 amide bonds. The largest absolute Gasteiger partial charge is 0.412 e. The monoisotopic (exact) mass is 142 g/mol. The van der Waals surface area contributed by atoms with Crippen molar-refractivity contribution in [1.29, 1.82) is 0 Å². The van der Waals surface area contributed by atoms with Crippen LogP contribution in [0.2, 0.25) is 0 Å². The van der Waals surface area contributed by atoms with Crippen molar-refractivity contribution in [3.8, 4) is 0 Å². The molecule has 0 unspecified atom stereocenters. The van der Waals surface area contributed by atoms with Crippen LogP contribution in [0.1, 0.15) is 6.92 Å². The molecule has 0 saturated carbocycles. The van der Waals surface area contributed by atoms with Crippen molar-refractivity contribution in [2.24, 2.45) is 0 Å². The Hall–Kier alpha value is -0.540. The lowest BCUT2D eigenvalue weighted by Crippen LogP contribution is -2.08. The maximum Gasteiger partial charge on any atom is 0.412 e. The Bertz CT molecular complexity index is 111. The van der Waals surface area contributed by atoms with Crippen LogP contribution in [0, 0.1) is 0 Å². The van der Waals surface area contributed by atoms with Gasteiger partial charge in [0.15, 0.2) is 0 Å². The van der Waals surface area contributed by atoms with Crippen LogP contribution in [0.5, 0.6) is 0 Å². The third-order valence-corrected chi connectivity index (χ3v) is 0.830. The van der Waals surface area contributed by atoms with Gasteiger partial charge in [0.25, 0.3) is 0 Å². The van der Waals surface area contributed by atoms with Crippen LogP contribution in [0.3, 0.4) is 0 Å². The molecule has 0 radical (unpaired) electrons. The molecule has 54 valence electrons. The van der Waals surface area contributed by atoms with Gasteiger partial charge in [-0.15, -0.1) is 0 Å². The van der Waals surface area contributed by atoms with Crippen molar-refractivity contribution in [3.63, 3.8) is 0 Å². The fourth-order valence-corrected chi connectivity index (χ4v) is 0.231. The smallest absolute Gasteiger partial charge is 0.247 e. The van der Waals surface area contributed by atoms with Gasteiger partial charge in [0.2, 0.25) is 0 Å². The third-order valence-electron chi connectivity index (χ3n) is 0.830. The molecule has 0 nitrogen and oxygen atoms in total. The van der Waals surface area contributed by atoms with Crippen LogP contribution in [-0.2, 0) is 0 Å². The molecule has 0 bridgehead atoms. The molecule has 0 aromatic rings. The van der Waals surface area contributed by atoms with Crippen molar-refractivity contribution in [2.45, 2.75) is 13.1 Å². The van der Waals surface area contributed by atoms with Gasteiger partial charge in [-0.2, -0.15) is 13.2 Å². The van der Waals surface area contributed by atoms with E-state index in [2.05, 4.69) is 0 Å². The number of alkyl halides is 4. The molecule has 0 aliphatic carbocycles. The Morgan fingerprint density at radius 1 is 1.44 bits per heavy atom. The van der Waals surface area contributed by atoms with E-state index < -0.39 is 18.4 Å². The minimum absolute atomic E-state index is 0.500. The summed E-state index contributed by atoms with van der Waals surface area (Å²) in [6.45, 7) is -0.231. The van der Waals surface area contributed by atoms with Gasteiger partial charge in [0.05, 0.1) is 0 Å². The quantitative estimate of drug-likeness (QED) is 0.389. The van der Waals surface area contributed by atoms with E-state index in [0.717, 1.165) is 6.92 Å². The van der Waals surface area contributed by atoms with Crippen LogP contribution < -0.4 is 0 Å². The number of allylic oxidation sites excluding steroid dienone is 2. The Labute approximate surface area is 50.2 Å². The predicted octanol–water partition coefficient (Wildman–Crippen LogP) is 2.46. The van der Waals surface area contributed by atoms with Crippen LogP contribution in [-0.4, -0.2) is 12.9 Å². The number of halogens is 4. The van der Waals surface area contributed by atoms with E-state index in [1.54, 1.807) is 0 Å². The summed E-state index contributed by atoms with van der Waals surface area (Å²) >= 11 is 0. The van der Waals surface area contributed by atoms with Crippen molar-refractivity contribution in [2.75, 3.05) is 6.67 Å². The molecular formula is C5H6F4. The van der Waals surface area contributed by atoms with E-state index in [9.17, 15) is 17.6 Å². The van der Waals surface area contributed by atoms with Gasteiger partial charge in [-0.3, -0.25) is 0 Å². The highest BCUT2D eigenvalue weighted by Crippen LogP contribution is 2.24. The van der Waals surface area contributed by atoms with Crippen LogP contribution >= 0.6 is 0 Å². The molecule has 0 rings (SSSR count). The van der Waals surface area contributed by atoms with E-state index in [1.807, 2.05) is 0 Å². The molecule has 0 aromatic heterocycles. The summed E-state index contributed by atoms with van der Waals surface area (Å²) in [6, 6.07) is 0. The molecule has 0 atom stereocenters. The number of rotatable bonds is 1. The molecular weight excluding hydrogens is 136 g/mol. The molecule has 0 spiro atoms. The third kappa shape index (κ3) is 3.11. The van der Waals surface area contributed by atoms with E-state index in [4.69, 9.17) is 0 Å². The van der Waals surface area contributed by atoms with Crippen molar-refractivity contribution < 1.29 is 17.6 Å². The Kier molecular flexibility index (Phi) is 2.67. The second kappa shape index (κ2) is 2.85. The van der Waals surface area contributed by atoms with Gasteiger partial charge in [-0.25, -0.2) is 4.39 Å². The zero-order valence-corrected chi connectivity index (χ0v) is 4.80. The molecule has 0 N–H and O–H groups in total. The number of hydrogen-bond donors (Lipinski definition) is 0. The molecule has 0 saturated heterocycles. The highest BCUT2D eigenvalue weighted by Gasteiger charge is 2.29. The van der Waals surface area contributed by atoms with Crippen LogP contribution in [0.4, 0.5) is 17.6 Å². The Morgan fingerprint density at radius 3 is 2.00 bits per heavy atom. The first-order valence-electron chi connectivity index (χ1n) is 2.28. The number of hydrogen-bond acceptors (Lipinski definition) is 0. The zero-order chi connectivity index (χ0) is 7.49. The first kappa shape index (κ1) is 8.46. The van der Waals surface area contributed by atoms with E-state index >= 15 is 0 Å². The van der Waals surface area contributed by atoms with E-state index in [1.165, 1.54) is 0 Å². The predicted molar refractivity (Wildman–Crippen MR) is 25.8 cm³/mol. The van der Waals surface area contributed by atoms with E-state index in [0.29, 0.717) is 6.08 Å². The van der Waals surface area contributed by atoms with Crippen molar-refractivity contribution >= 4 is 0 Å². The highest BCUT2D eigenvalue weighted by atomic mass is 19.4. The van der Waals surface area contributed by atoms with Crippen LogP contribution in [0.25, 0.3) is 0 Å². The summed E-state index contributed by atoms with van der Waals surface area (Å²) < 4.78 is 45.4. The maximum atomic E-state index is 11.4. The summed E-state index contributed by atoms with van der Waals surface area (Å²) in [4.78, 5) is 0. The van der Waals surface area contributed by atoms with Gasteiger partial charge in [0.1, 0.15) is 6.67 Å². The lowest BCUT2D eigenvalue weighted by molar-refractivity contribution is -0.0916. The van der Waals surface area contributed by atoms with Crippen molar-refractivity contribution in [3.05, 3.63) is 11.6 Å². The van der Waals surface area contributed by atoms with Crippen molar-refractivity contribution in [1.82, 2.24) is 0 Å². The maximum absolute atomic E-state index is 11.4. The summed E-state index contributed by atoms with van der Waals surface area (Å²) in [5.74, 6) is 0. The fourth-order valence-electron chi connectivity index (χ4n) is 0.231. The van der Waals surface area contributed by atoms with Gasteiger partial charge in [0, 0.05) is 5.57 Å². The van der Waals surface area contributed by atoms with E-state index in [-0.39, 0.29) is 0 Å². The molecule has 4 heteroatoms. The average molecular weight is 142 g/mol. The normalized spacial score (nSPS) is 14.1. The van der Waals surface area contributed by atoms with Gasteiger partial charge in [-0.1, -0.05) is 0 Å². The molecule has 0 aromatic carbocycles. The molecule has 9 heavy (non-hydrogen) atoms. The van der Waals surface area contributed by atoms with Crippen LogP contribution in [0.15, 0.2) is 11.6 Å². The van der Waals surface area contributed by atoms with Gasteiger partial charge >= 0.3 is 6.18 Å². The first-order valence-corrected chi connectivity index (χ1v) is 2.28. The van der Waals surface area contributed by atoms with Gasteiger partial charge in [-0.05, 0) is 13.0 Å². The Morgan fingerprint density at radius 2 is 1.89 bits per heavy atom. The fraction of sp³-hybridized carbons (Fsp3) is 0.600. The summed E-state index contributed by atoms with van der Waals surface area (Å²) in [5, 5.41) is 0. The minimum Gasteiger partial charge on any atom is -0.247 e. The highest BCUT2D eigenvalue weighted by molar-refractivity contribution is 5.04. The lowest BCUT2D eigenvalue weighted by atomic mass is 10.3. The molecule has 0 fully saturated rings.